The molecule has 3 N–H and O–H groups in total. The third-order valence-electron chi connectivity index (χ3n) is 2.05. The SMILES string of the molecule is NCC1Cc2ccc(O)cc2O1. The summed E-state index contributed by atoms with van der Waals surface area (Å²) in [5.41, 5.74) is 6.59. The molecule has 0 fully saturated rings. The van der Waals surface area contributed by atoms with Gasteiger partial charge in [-0.15, -0.1) is 0 Å². The monoisotopic (exact) mass is 165 g/mol. The first-order valence-corrected chi connectivity index (χ1v) is 3.98. The van der Waals surface area contributed by atoms with Crippen molar-refractivity contribution in [1.82, 2.24) is 0 Å². The summed E-state index contributed by atoms with van der Waals surface area (Å²) in [7, 11) is 0. The maximum Gasteiger partial charge on any atom is 0.126 e. The fraction of sp³-hybridized carbons (Fsp3) is 0.333. The molecule has 0 aromatic heterocycles. The van der Waals surface area contributed by atoms with E-state index >= 15 is 0 Å². The number of nitrogens with two attached hydrogens (primary N) is 1. The summed E-state index contributed by atoms with van der Waals surface area (Å²) < 4.78 is 5.45. The topological polar surface area (TPSA) is 55.5 Å². The highest BCUT2D eigenvalue weighted by atomic mass is 16.5. The van der Waals surface area contributed by atoms with Crippen LogP contribution in [0.3, 0.4) is 0 Å². The molecule has 0 radical (unpaired) electrons. The van der Waals surface area contributed by atoms with Crippen LogP contribution in [-0.4, -0.2) is 17.8 Å². The minimum absolute atomic E-state index is 0.0850. The Bertz CT molecular complexity index is 299. The normalized spacial score (nSPS) is 20.2. The van der Waals surface area contributed by atoms with Crippen LogP contribution in [0.4, 0.5) is 0 Å². The summed E-state index contributed by atoms with van der Waals surface area (Å²) in [6.07, 6.45) is 0.938. The fourth-order valence-corrected chi connectivity index (χ4v) is 1.42. The summed E-state index contributed by atoms with van der Waals surface area (Å²) in [6.45, 7) is 0.523. The second-order valence-corrected chi connectivity index (χ2v) is 2.97. The van der Waals surface area contributed by atoms with Gasteiger partial charge in [-0.3, -0.25) is 0 Å². The molecule has 0 saturated carbocycles. The van der Waals surface area contributed by atoms with Crippen LogP contribution < -0.4 is 10.5 Å². The molecular formula is C9H11NO2. The predicted molar refractivity (Wildman–Crippen MR) is 45.3 cm³/mol. The number of benzene rings is 1. The van der Waals surface area contributed by atoms with Crippen molar-refractivity contribution in [3.63, 3.8) is 0 Å². The molecule has 0 bridgehead atoms. The molecule has 0 saturated heterocycles. The molecule has 0 aliphatic carbocycles. The molecule has 1 aliphatic heterocycles. The lowest BCUT2D eigenvalue weighted by Gasteiger charge is -2.05. The van der Waals surface area contributed by atoms with Crippen LogP contribution in [0.15, 0.2) is 18.2 Å². The van der Waals surface area contributed by atoms with Crippen molar-refractivity contribution in [2.75, 3.05) is 6.54 Å². The highest BCUT2D eigenvalue weighted by Crippen LogP contribution is 2.31. The summed E-state index contributed by atoms with van der Waals surface area (Å²) >= 11 is 0. The van der Waals surface area contributed by atoms with E-state index in [2.05, 4.69) is 0 Å². The summed E-state index contributed by atoms with van der Waals surface area (Å²) in [5, 5.41) is 9.14. The summed E-state index contributed by atoms with van der Waals surface area (Å²) in [5.74, 6) is 1.01. The highest BCUT2D eigenvalue weighted by molar-refractivity contribution is 5.42. The number of phenols is 1. The minimum Gasteiger partial charge on any atom is -0.508 e. The van der Waals surface area contributed by atoms with Gasteiger partial charge in [-0.25, -0.2) is 0 Å². The standard InChI is InChI=1S/C9H11NO2/c10-5-8-3-6-1-2-7(11)4-9(6)12-8/h1-2,4,8,11H,3,5,10H2. The number of fused-ring (bicyclic) bond motifs is 1. The van der Waals surface area contributed by atoms with E-state index in [-0.39, 0.29) is 11.9 Å². The molecule has 0 amide bonds. The quantitative estimate of drug-likeness (QED) is 0.642. The molecule has 1 atom stereocenters. The Labute approximate surface area is 70.8 Å². The summed E-state index contributed by atoms with van der Waals surface area (Å²) in [6, 6.07) is 5.17. The van der Waals surface area contributed by atoms with Crippen molar-refractivity contribution < 1.29 is 9.84 Å². The van der Waals surface area contributed by atoms with E-state index in [1.807, 2.05) is 6.07 Å². The second kappa shape index (κ2) is 2.68. The van der Waals surface area contributed by atoms with E-state index in [0.29, 0.717) is 6.54 Å². The van der Waals surface area contributed by atoms with Crippen molar-refractivity contribution in [1.29, 1.82) is 0 Å². The molecule has 64 valence electrons. The molecule has 1 aromatic carbocycles. The first-order valence-electron chi connectivity index (χ1n) is 3.98. The van der Waals surface area contributed by atoms with Gasteiger partial charge in [0.15, 0.2) is 0 Å². The fourth-order valence-electron chi connectivity index (χ4n) is 1.42. The van der Waals surface area contributed by atoms with Gasteiger partial charge in [-0.2, -0.15) is 0 Å². The first kappa shape index (κ1) is 7.43. The number of aromatic hydroxyl groups is 1. The van der Waals surface area contributed by atoms with E-state index in [0.717, 1.165) is 17.7 Å². The molecule has 1 aromatic rings. The van der Waals surface area contributed by atoms with Crippen molar-refractivity contribution in [3.05, 3.63) is 23.8 Å². The Morgan fingerprint density at radius 1 is 1.58 bits per heavy atom. The molecule has 3 nitrogen and oxygen atoms in total. The van der Waals surface area contributed by atoms with Gasteiger partial charge in [-0.05, 0) is 11.6 Å². The Hall–Kier alpha value is -1.22. The average Bonchev–Trinajstić information content (AvgIpc) is 2.46. The smallest absolute Gasteiger partial charge is 0.126 e. The second-order valence-electron chi connectivity index (χ2n) is 2.97. The minimum atomic E-state index is 0.0850. The van der Waals surface area contributed by atoms with Gasteiger partial charge < -0.3 is 15.6 Å². The van der Waals surface area contributed by atoms with Crippen LogP contribution in [0.5, 0.6) is 11.5 Å². The van der Waals surface area contributed by atoms with Crippen LogP contribution in [0.2, 0.25) is 0 Å². The number of hydrogen-bond acceptors (Lipinski definition) is 3. The molecule has 0 spiro atoms. The molecular weight excluding hydrogens is 154 g/mol. The van der Waals surface area contributed by atoms with Gasteiger partial charge in [0, 0.05) is 19.0 Å². The van der Waals surface area contributed by atoms with Crippen molar-refractivity contribution in [2.45, 2.75) is 12.5 Å². The lowest BCUT2D eigenvalue weighted by atomic mass is 10.1. The number of ether oxygens (including phenoxy) is 1. The third-order valence-corrected chi connectivity index (χ3v) is 2.05. The van der Waals surface area contributed by atoms with E-state index in [1.165, 1.54) is 0 Å². The third kappa shape index (κ3) is 1.12. The predicted octanol–water partition coefficient (Wildman–Crippen LogP) is 0.654. The van der Waals surface area contributed by atoms with Gasteiger partial charge in [0.2, 0.25) is 0 Å². The summed E-state index contributed by atoms with van der Waals surface area (Å²) in [4.78, 5) is 0. The highest BCUT2D eigenvalue weighted by Gasteiger charge is 2.21. The maximum absolute atomic E-state index is 9.14. The van der Waals surface area contributed by atoms with E-state index in [4.69, 9.17) is 15.6 Å². The van der Waals surface area contributed by atoms with Gasteiger partial charge >= 0.3 is 0 Å². The molecule has 1 aliphatic rings. The van der Waals surface area contributed by atoms with Crippen LogP contribution >= 0.6 is 0 Å². The van der Waals surface area contributed by atoms with Crippen molar-refractivity contribution in [3.8, 4) is 11.5 Å². The maximum atomic E-state index is 9.14. The van der Waals surface area contributed by atoms with E-state index in [9.17, 15) is 0 Å². The average molecular weight is 165 g/mol. The van der Waals surface area contributed by atoms with Crippen LogP contribution in [0.1, 0.15) is 5.56 Å². The number of rotatable bonds is 1. The Morgan fingerprint density at radius 2 is 2.42 bits per heavy atom. The molecule has 2 rings (SSSR count). The van der Waals surface area contributed by atoms with Crippen molar-refractivity contribution in [2.24, 2.45) is 5.73 Å². The zero-order valence-electron chi connectivity index (χ0n) is 6.66. The van der Waals surface area contributed by atoms with E-state index in [1.54, 1.807) is 12.1 Å². The van der Waals surface area contributed by atoms with Crippen molar-refractivity contribution >= 4 is 0 Å². The van der Waals surface area contributed by atoms with E-state index < -0.39 is 0 Å². The largest absolute Gasteiger partial charge is 0.508 e. The van der Waals surface area contributed by atoms with Gasteiger partial charge in [0.1, 0.15) is 17.6 Å². The number of hydrogen-bond donors (Lipinski definition) is 2. The lowest BCUT2D eigenvalue weighted by Crippen LogP contribution is -2.24. The Kier molecular flexibility index (Phi) is 1.66. The zero-order chi connectivity index (χ0) is 8.55. The molecule has 1 unspecified atom stereocenters. The Morgan fingerprint density at radius 3 is 3.17 bits per heavy atom. The molecule has 1 heterocycles. The van der Waals surface area contributed by atoms with Gasteiger partial charge in [-0.1, -0.05) is 6.07 Å². The van der Waals surface area contributed by atoms with Gasteiger partial charge in [0.05, 0.1) is 0 Å². The van der Waals surface area contributed by atoms with Crippen LogP contribution in [0, 0.1) is 0 Å². The molecule has 3 heteroatoms. The zero-order valence-corrected chi connectivity index (χ0v) is 6.66. The number of phenolic OH excluding ortho intramolecular Hbond substituents is 1. The molecule has 12 heavy (non-hydrogen) atoms. The van der Waals surface area contributed by atoms with Gasteiger partial charge in [0.25, 0.3) is 0 Å². The van der Waals surface area contributed by atoms with Crippen LogP contribution in [0.25, 0.3) is 0 Å². The first-order chi connectivity index (χ1) is 5.79. The van der Waals surface area contributed by atoms with Crippen LogP contribution in [-0.2, 0) is 6.42 Å². The Balaban J connectivity index is 2.30. The lowest BCUT2D eigenvalue weighted by molar-refractivity contribution is 0.241.